The van der Waals surface area contributed by atoms with E-state index in [1.807, 2.05) is 6.08 Å². The molecule has 0 aromatic carbocycles. The summed E-state index contributed by atoms with van der Waals surface area (Å²) in [5.41, 5.74) is -1.06. The standard InChI is InChI=1S/C20H34O5/c1-5-6-7-12-23-17-14(3)16-9-8-13(2)15-10-11-19(4,21)25-18(24-17)20(15,16)22/h5,13-18,21-22H,1,6-12H2,2-4H3/t13-,14-,15?,16?,17?,18-,19+,20-/m1/s1. The lowest BCUT2D eigenvalue weighted by Crippen LogP contribution is -2.67. The SMILES string of the molecule is C=CCCCOC1O[C@@H]2O[C@](C)(O)CCC3[C@H](C)CCC([C@H]1C)[C@]32O. The van der Waals surface area contributed by atoms with Gasteiger partial charge in [-0.15, -0.1) is 6.58 Å². The molecule has 0 aromatic heterocycles. The van der Waals surface area contributed by atoms with E-state index in [0.29, 0.717) is 18.9 Å². The highest BCUT2D eigenvalue weighted by Gasteiger charge is 2.63. The largest absolute Gasteiger partial charge is 0.384 e. The first-order valence-corrected chi connectivity index (χ1v) is 9.80. The second kappa shape index (κ2) is 7.28. The van der Waals surface area contributed by atoms with Gasteiger partial charge < -0.3 is 24.4 Å². The van der Waals surface area contributed by atoms with Gasteiger partial charge >= 0.3 is 0 Å². The molecule has 3 aliphatic rings. The van der Waals surface area contributed by atoms with E-state index in [1.165, 1.54) is 0 Å². The highest BCUT2D eigenvalue weighted by atomic mass is 16.8. The number of hydrogen-bond donors (Lipinski definition) is 2. The van der Waals surface area contributed by atoms with E-state index in [-0.39, 0.29) is 17.8 Å². The van der Waals surface area contributed by atoms with Crippen molar-refractivity contribution in [3.05, 3.63) is 12.7 Å². The fourth-order valence-electron chi connectivity index (χ4n) is 5.15. The van der Waals surface area contributed by atoms with E-state index >= 15 is 0 Å². The monoisotopic (exact) mass is 354 g/mol. The lowest BCUT2D eigenvalue weighted by atomic mass is 9.58. The number of rotatable bonds is 5. The maximum Gasteiger partial charge on any atom is 0.193 e. The smallest absolute Gasteiger partial charge is 0.193 e. The summed E-state index contributed by atoms with van der Waals surface area (Å²) in [7, 11) is 0. The molecule has 5 heteroatoms. The van der Waals surface area contributed by atoms with Gasteiger partial charge in [0.25, 0.3) is 0 Å². The van der Waals surface area contributed by atoms with Gasteiger partial charge in [0.05, 0.1) is 6.61 Å². The molecule has 3 fully saturated rings. The van der Waals surface area contributed by atoms with Gasteiger partial charge in [-0.1, -0.05) is 19.9 Å². The van der Waals surface area contributed by atoms with Crippen molar-refractivity contribution in [3.63, 3.8) is 0 Å². The van der Waals surface area contributed by atoms with E-state index in [0.717, 1.165) is 32.1 Å². The van der Waals surface area contributed by atoms with Crippen LogP contribution in [0.2, 0.25) is 0 Å². The average Bonchev–Trinajstić information content (AvgIpc) is 2.64. The highest BCUT2D eigenvalue weighted by Crippen LogP contribution is 2.55. The summed E-state index contributed by atoms with van der Waals surface area (Å²) in [5.74, 6) is -0.662. The molecule has 0 amide bonds. The average molecular weight is 354 g/mol. The Morgan fingerprint density at radius 3 is 2.68 bits per heavy atom. The molecule has 144 valence electrons. The minimum Gasteiger partial charge on any atom is -0.384 e. The Balaban J connectivity index is 1.83. The predicted octanol–water partition coefficient (Wildman–Crippen LogP) is 3.20. The van der Waals surface area contributed by atoms with Crippen molar-refractivity contribution in [3.8, 4) is 0 Å². The molecule has 25 heavy (non-hydrogen) atoms. The van der Waals surface area contributed by atoms with Crippen LogP contribution in [0.25, 0.3) is 0 Å². The fraction of sp³-hybridized carbons (Fsp3) is 0.900. The molecule has 2 saturated heterocycles. The molecule has 2 N–H and O–H groups in total. The summed E-state index contributed by atoms with van der Waals surface area (Å²) in [5, 5.41) is 22.3. The van der Waals surface area contributed by atoms with Crippen molar-refractivity contribution in [1.29, 1.82) is 0 Å². The van der Waals surface area contributed by atoms with Crippen LogP contribution in [0.15, 0.2) is 12.7 Å². The van der Waals surface area contributed by atoms with Crippen LogP contribution in [0.1, 0.15) is 59.3 Å². The van der Waals surface area contributed by atoms with E-state index in [2.05, 4.69) is 20.4 Å². The Labute approximate surface area is 151 Å². The first-order valence-electron chi connectivity index (χ1n) is 9.80. The Hall–Kier alpha value is -0.460. The molecule has 1 saturated carbocycles. The molecule has 2 aliphatic heterocycles. The molecule has 0 bridgehead atoms. The normalized spacial score (nSPS) is 50.0. The molecule has 5 nitrogen and oxygen atoms in total. The summed E-state index contributed by atoms with van der Waals surface area (Å²) in [6.45, 7) is 10.3. The van der Waals surface area contributed by atoms with Crippen LogP contribution in [0, 0.1) is 23.7 Å². The first-order chi connectivity index (χ1) is 11.8. The van der Waals surface area contributed by atoms with Crippen molar-refractivity contribution in [1.82, 2.24) is 0 Å². The van der Waals surface area contributed by atoms with Gasteiger partial charge in [-0.3, -0.25) is 0 Å². The Morgan fingerprint density at radius 1 is 1.20 bits per heavy atom. The van der Waals surface area contributed by atoms with Gasteiger partial charge in [0.2, 0.25) is 0 Å². The van der Waals surface area contributed by atoms with Crippen LogP contribution in [-0.4, -0.2) is 40.8 Å². The summed E-state index contributed by atoms with van der Waals surface area (Å²) in [6.07, 6.45) is 5.70. The van der Waals surface area contributed by atoms with Crippen LogP contribution < -0.4 is 0 Å². The zero-order valence-electron chi connectivity index (χ0n) is 15.8. The Bertz CT molecular complexity index is 479. The van der Waals surface area contributed by atoms with Crippen LogP contribution in [0.4, 0.5) is 0 Å². The quantitative estimate of drug-likeness (QED) is 0.586. The van der Waals surface area contributed by atoms with Crippen molar-refractivity contribution < 1.29 is 24.4 Å². The summed E-state index contributed by atoms with van der Waals surface area (Å²) < 4.78 is 18.0. The molecule has 0 aromatic rings. The first kappa shape index (κ1) is 19.3. The third kappa shape index (κ3) is 3.54. The fourth-order valence-corrected chi connectivity index (χ4v) is 5.15. The van der Waals surface area contributed by atoms with Crippen LogP contribution in [0.5, 0.6) is 0 Å². The lowest BCUT2D eigenvalue weighted by molar-refractivity contribution is -0.408. The van der Waals surface area contributed by atoms with Gasteiger partial charge in [-0.2, -0.15) is 0 Å². The summed E-state index contributed by atoms with van der Waals surface area (Å²) >= 11 is 0. The molecule has 8 atom stereocenters. The predicted molar refractivity (Wildman–Crippen MR) is 94.5 cm³/mol. The number of hydrogen-bond acceptors (Lipinski definition) is 5. The van der Waals surface area contributed by atoms with E-state index in [4.69, 9.17) is 14.2 Å². The van der Waals surface area contributed by atoms with Crippen molar-refractivity contribution in [2.45, 2.75) is 83.3 Å². The summed E-state index contributed by atoms with van der Waals surface area (Å²) in [6, 6.07) is 0. The Morgan fingerprint density at radius 2 is 1.96 bits per heavy atom. The van der Waals surface area contributed by atoms with Crippen LogP contribution in [-0.2, 0) is 14.2 Å². The molecule has 2 heterocycles. The van der Waals surface area contributed by atoms with Crippen molar-refractivity contribution >= 4 is 0 Å². The van der Waals surface area contributed by atoms with Gasteiger partial charge in [0.1, 0.15) is 5.60 Å². The van der Waals surface area contributed by atoms with Crippen molar-refractivity contribution in [2.75, 3.05) is 6.61 Å². The number of ether oxygens (including phenoxy) is 3. The van der Waals surface area contributed by atoms with Gasteiger partial charge in [-0.05, 0) is 50.9 Å². The van der Waals surface area contributed by atoms with E-state index < -0.39 is 24.0 Å². The van der Waals surface area contributed by atoms with Crippen molar-refractivity contribution in [2.24, 2.45) is 23.7 Å². The lowest BCUT2D eigenvalue weighted by Gasteiger charge is -2.57. The second-order valence-electron chi connectivity index (χ2n) is 8.48. The minimum absolute atomic E-state index is 0.0609. The molecule has 3 rings (SSSR count). The van der Waals surface area contributed by atoms with Crippen LogP contribution in [0.3, 0.4) is 0 Å². The van der Waals surface area contributed by atoms with Crippen LogP contribution >= 0.6 is 0 Å². The maximum absolute atomic E-state index is 11.7. The minimum atomic E-state index is -1.28. The van der Waals surface area contributed by atoms with Gasteiger partial charge in [0, 0.05) is 18.3 Å². The zero-order chi connectivity index (χ0) is 18.2. The molecule has 0 radical (unpaired) electrons. The number of aliphatic hydroxyl groups is 2. The zero-order valence-corrected chi connectivity index (χ0v) is 15.8. The second-order valence-corrected chi connectivity index (χ2v) is 8.48. The molecule has 0 spiro atoms. The van der Waals surface area contributed by atoms with Gasteiger partial charge in [-0.25, -0.2) is 0 Å². The van der Waals surface area contributed by atoms with Gasteiger partial charge in [0.15, 0.2) is 18.4 Å². The third-order valence-electron chi connectivity index (χ3n) is 6.62. The van der Waals surface area contributed by atoms with E-state index in [1.54, 1.807) is 6.92 Å². The maximum atomic E-state index is 11.7. The number of allylic oxidation sites excluding steroid dienone is 1. The molecule has 1 aliphatic carbocycles. The number of unbranched alkanes of at least 4 members (excludes halogenated alkanes) is 1. The third-order valence-corrected chi connectivity index (χ3v) is 6.62. The molecular weight excluding hydrogens is 320 g/mol. The molecular formula is C20H34O5. The van der Waals surface area contributed by atoms with E-state index in [9.17, 15) is 10.2 Å². The highest BCUT2D eigenvalue weighted by molar-refractivity contribution is 5.06. The Kier molecular flexibility index (Phi) is 5.62. The summed E-state index contributed by atoms with van der Waals surface area (Å²) in [4.78, 5) is 0. The molecule has 3 unspecified atom stereocenters. The topological polar surface area (TPSA) is 68.2 Å².